The first kappa shape index (κ1) is 23.7. The van der Waals surface area contributed by atoms with Crippen molar-refractivity contribution in [1.29, 1.82) is 0 Å². The van der Waals surface area contributed by atoms with E-state index in [9.17, 15) is 19.2 Å². The average Bonchev–Trinajstić information content (AvgIpc) is 3.05. The maximum absolute atomic E-state index is 13.5. The number of imide groups is 1. The summed E-state index contributed by atoms with van der Waals surface area (Å²) in [7, 11) is 0. The van der Waals surface area contributed by atoms with Gasteiger partial charge in [0, 0.05) is 15.6 Å². The van der Waals surface area contributed by atoms with E-state index < -0.39 is 41.9 Å². The highest BCUT2D eigenvalue weighted by Gasteiger charge is 2.53. The first-order valence-electron chi connectivity index (χ1n) is 10.3. The molecule has 170 valence electrons. The van der Waals surface area contributed by atoms with E-state index in [1.165, 1.54) is 18.2 Å². The Kier molecular flexibility index (Phi) is 6.75. The van der Waals surface area contributed by atoms with Gasteiger partial charge in [-0.1, -0.05) is 70.3 Å². The van der Waals surface area contributed by atoms with Crippen LogP contribution in [0.25, 0.3) is 0 Å². The molecule has 2 aromatic rings. The summed E-state index contributed by atoms with van der Waals surface area (Å²) >= 11 is 15.4. The van der Waals surface area contributed by atoms with Gasteiger partial charge in [-0.3, -0.25) is 19.2 Å². The van der Waals surface area contributed by atoms with Gasteiger partial charge in [-0.05, 0) is 42.7 Å². The minimum Gasteiger partial charge on any atom is -0.292 e. The normalized spacial score (nSPS) is 21.8. The molecular weight excluding hydrogens is 531 g/mol. The van der Waals surface area contributed by atoms with Crippen molar-refractivity contribution in [2.75, 3.05) is 6.54 Å². The van der Waals surface area contributed by atoms with E-state index in [1.807, 2.05) is 19.1 Å². The molecule has 6 nitrogen and oxygen atoms in total. The van der Waals surface area contributed by atoms with Crippen LogP contribution in [-0.4, -0.2) is 40.1 Å². The molecular formula is C24H19BrCl2N2O4. The van der Waals surface area contributed by atoms with E-state index in [4.69, 9.17) is 23.2 Å². The number of Topliss-reactive ketones (excluding diaryl/α,β-unsaturated/α-hetero) is 1. The lowest BCUT2D eigenvalue weighted by Crippen LogP contribution is -2.52. The van der Waals surface area contributed by atoms with Crippen LogP contribution < -0.4 is 0 Å². The van der Waals surface area contributed by atoms with Crippen LogP contribution in [0, 0.1) is 17.8 Å². The average molecular weight is 550 g/mol. The number of carbonyl (C=O) groups is 4. The second-order valence-corrected chi connectivity index (χ2v) is 9.80. The van der Waals surface area contributed by atoms with Crippen molar-refractivity contribution in [3.63, 3.8) is 0 Å². The first-order chi connectivity index (χ1) is 15.7. The number of benzene rings is 2. The third kappa shape index (κ3) is 4.50. The van der Waals surface area contributed by atoms with Gasteiger partial charge < -0.3 is 0 Å². The largest absolute Gasteiger partial charge is 0.292 e. The smallest absolute Gasteiger partial charge is 0.273 e. The molecule has 9 heteroatoms. The number of rotatable bonds is 5. The van der Waals surface area contributed by atoms with Crippen molar-refractivity contribution >= 4 is 62.6 Å². The molecule has 0 N–H and O–H groups in total. The number of halogens is 3. The summed E-state index contributed by atoms with van der Waals surface area (Å²) < 4.78 is 0.790. The number of amides is 3. The molecule has 2 aromatic carbocycles. The van der Waals surface area contributed by atoms with E-state index in [2.05, 4.69) is 15.9 Å². The van der Waals surface area contributed by atoms with Crippen molar-refractivity contribution in [2.45, 2.75) is 13.3 Å². The predicted octanol–water partition coefficient (Wildman–Crippen LogP) is 5.19. The van der Waals surface area contributed by atoms with Crippen molar-refractivity contribution in [3.05, 3.63) is 80.3 Å². The fourth-order valence-corrected chi connectivity index (χ4v) is 4.81. The number of carbonyl (C=O) groups excluding carboxylic acids is 4. The minimum absolute atomic E-state index is 0.106. The molecule has 4 rings (SSSR count). The van der Waals surface area contributed by atoms with Crippen LogP contribution in [0.4, 0.5) is 0 Å². The van der Waals surface area contributed by atoms with Gasteiger partial charge in [0.05, 0.1) is 21.9 Å². The fourth-order valence-electron chi connectivity index (χ4n) is 4.24. The predicted molar refractivity (Wildman–Crippen MR) is 128 cm³/mol. The molecule has 1 saturated heterocycles. The monoisotopic (exact) mass is 548 g/mol. The maximum atomic E-state index is 13.5. The zero-order valence-electron chi connectivity index (χ0n) is 17.5. The second kappa shape index (κ2) is 9.41. The third-order valence-corrected chi connectivity index (χ3v) is 7.22. The van der Waals surface area contributed by atoms with E-state index in [0.717, 1.165) is 14.5 Å². The van der Waals surface area contributed by atoms with Gasteiger partial charge in [0.15, 0.2) is 5.78 Å². The highest BCUT2D eigenvalue weighted by molar-refractivity contribution is 9.10. The van der Waals surface area contributed by atoms with Gasteiger partial charge in [0.25, 0.3) is 17.7 Å². The van der Waals surface area contributed by atoms with Crippen molar-refractivity contribution in [3.8, 4) is 0 Å². The summed E-state index contributed by atoms with van der Waals surface area (Å²) in [5.74, 6) is -3.39. The van der Waals surface area contributed by atoms with E-state index in [-0.39, 0.29) is 21.5 Å². The fraction of sp³-hybridized carbons (Fsp3) is 0.250. The standard InChI is InChI=1S/C24H19BrCl2N2O4/c1-13-3-2-4-17-21(13)24(33)29(23(17)32)28(12-20(30)14-5-8-16(25)9-6-14)22(31)15-7-10-18(26)19(27)11-15/h2-3,5-11,13,17,21H,4,12H2,1H3/t13-,17-,21-/m1/s1. The van der Waals surface area contributed by atoms with Crippen LogP contribution in [0.3, 0.4) is 0 Å². The molecule has 0 aromatic heterocycles. The van der Waals surface area contributed by atoms with Crippen LogP contribution >= 0.6 is 39.1 Å². The molecule has 3 atom stereocenters. The number of hydrazine groups is 1. The van der Waals surface area contributed by atoms with Crippen LogP contribution in [0.2, 0.25) is 10.0 Å². The lowest BCUT2D eigenvalue weighted by molar-refractivity contribution is -0.154. The Hall–Kier alpha value is -2.48. The number of nitrogens with zero attached hydrogens (tertiary/aromatic N) is 2. The van der Waals surface area contributed by atoms with E-state index >= 15 is 0 Å². The van der Waals surface area contributed by atoms with Crippen LogP contribution in [0.5, 0.6) is 0 Å². The second-order valence-electron chi connectivity index (χ2n) is 8.07. The summed E-state index contributed by atoms with van der Waals surface area (Å²) in [4.78, 5) is 53.2. The van der Waals surface area contributed by atoms with Gasteiger partial charge in [-0.25, -0.2) is 5.01 Å². The first-order valence-corrected chi connectivity index (χ1v) is 11.8. The summed E-state index contributed by atoms with van der Waals surface area (Å²) in [5.41, 5.74) is 0.450. The molecule has 0 bridgehead atoms. The van der Waals surface area contributed by atoms with Gasteiger partial charge in [-0.2, -0.15) is 5.01 Å². The Labute approximate surface area is 209 Å². The molecule has 33 heavy (non-hydrogen) atoms. The van der Waals surface area contributed by atoms with Crippen LogP contribution in [0.1, 0.15) is 34.1 Å². The quantitative estimate of drug-likeness (QED) is 0.292. The number of fused-ring (bicyclic) bond motifs is 1. The highest BCUT2D eigenvalue weighted by atomic mass is 79.9. The number of hydrogen-bond acceptors (Lipinski definition) is 4. The topological polar surface area (TPSA) is 74.8 Å². The SMILES string of the molecule is C[C@@H]1C=CC[C@H]2C(=O)N(N(CC(=O)c3ccc(Br)cc3)C(=O)c3ccc(Cl)c(Cl)c3)C(=O)[C@H]12. The van der Waals surface area contributed by atoms with Crippen molar-refractivity contribution in [1.82, 2.24) is 10.0 Å². The molecule has 1 aliphatic carbocycles. The number of ketones is 1. The molecule has 0 radical (unpaired) electrons. The zero-order valence-corrected chi connectivity index (χ0v) is 20.6. The summed E-state index contributed by atoms with van der Waals surface area (Å²) in [6, 6.07) is 10.9. The number of allylic oxidation sites excluding steroid dienone is 2. The summed E-state index contributed by atoms with van der Waals surface area (Å²) in [5, 5.41) is 2.18. The summed E-state index contributed by atoms with van der Waals surface area (Å²) in [6.45, 7) is 1.37. The van der Waals surface area contributed by atoms with Gasteiger partial charge >= 0.3 is 0 Å². The lowest BCUT2D eigenvalue weighted by Gasteiger charge is -2.30. The maximum Gasteiger partial charge on any atom is 0.273 e. The van der Waals surface area contributed by atoms with Crippen LogP contribution in [0.15, 0.2) is 59.1 Å². The molecule has 1 fully saturated rings. The van der Waals surface area contributed by atoms with E-state index in [1.54, 1.807) is 24.3 Å². The zero-order chi connectivity index (χ0) is 23.9. The summed E-state index contributed by atoms with van der Waals surface area (Å²) in [6.07, 6.45) is 4.18. The number of hydrogen-bond donors (Lipinski definition) is 0. The van der Waals surface area contributed by atoms with Gasteiger partial charge in [0.2, 0.25) is 0 Å². The lowest BCUT2D eigenvalue weighted by atomic mass is 9.78. The van der Waals surface area contributed by atoms with Crippen molar-refractivity contribution in [2.24, 2.45) is 17.8 Å². The van der Waals surface area contributed by atoms with Gasteiger partial charge in [0.1, 0.15) is 6.54 Å². The molecule has 0 saturated carbocycles. The molecule has 1 aliphatic heterocycles. The van der Waals surface area contributed by atoms with Gasteiger partial charge in [-0.15, -0.1) is 0 Å². The molecule has 0 unspecified atom stereocenters. The molecule has 0 spiro atoms. The Morgan fingerprint density at radius 1 is 1.03 bits per heavy atom. The van der Waals surface area contributed by atoms with Crippen molar-refractivity contribution < 1.29 is 19.2 Å². The molecule has 2 aliphatic rings. The Balaban J connectivity index is 1.72. The minimum atomic E-state index is -0.694. The highest BCUT2D eigenvalue weighted by Crippen LogP contribution is 2.39. The Morgan fingerprint density at radius 2 is 1.70 bits per heavy atom. The molecule has 3 amide bonds. The molecule has 1 heterocycles. The van der Waals surface area contributed by atoms with E-state index in [0.29, 0.717) is 12.0 Å². The Morgan fingerprint density at radius 3 is 2.33 bits per heavy atom. The Bertz CT molecular complexity index is 1180. The van der Waals surface area contributed by atoms with Crippen LogP contribution in [-0.2, 0) is 9.59 Å². The third-order valence-electron chi connectivity index (χ3n) is 5.95.